The van der Waals surface area contributed by atoms with Gasteiger partial charge in [-0.2, -0.15) is 0 Å². The summed E-state index contributed by atoms with van der Waals surface area (Å²) in [6.07, 6.45) is 1.86. The zero-order valence-corrected chi connectivity index (χ0v) is 15.7. The van der Waals surface area contributed by atoms with E-state index in [2.05, 4.69) is 77.2 Å². The van der Waals surface area contributed by atoms with Crippen molar-refractivity contribution >= 4 is 48.2 Å². The van der Waals surface area contributed by atoms with Gasteiger partial charge in [0.1, 0.15) is 0 Å². The van der Waals surface area contributed by atoms with Crippen molar-refractivity contribution in [2.24, 2.45) is 0 Å². The Hall–Kier alpha value is -2.45. The van der Waals surface area contributed by atoms with Crippen LogP contribution in [0.2, 0.25) is 0 Å². The Bertz CT molecular complexity index is 1230. The van der Waals surface area contributed by atoms with Crippen molar-refractivity contribution in [3.05, 3.63) is 76.4 Å². The fourth-order valence-corrected chi connectivity index (χ4v) is 4.63. The molecular weight excluding hydrogens is 370 g/mol. The summed E-state index contributed by atoms with van der Waals surface area (Å²) in [7, 11) is 0. The van der Waals surface area contributed by atoms with Crippen LogP contribution in [0.3, 0.4) is 0 Å². The van der Waals surface area contributed by atoms with Gasteiger partial charge in [-0.15, -0.1) is 0 Å². The maximum atomic E-state index is 4.59. The number of nitrogens with zero attached hydrogens (tertiary/aromatic N) is 1. The summed E-state index contributed by atoms with van der Waals surface area (Å²) in [5.41, 5.74) is 4.85. The van der Waals surface area contributed by atoms with E-state index >= 15 is 0 Å². The van der Waals surface area contributed by atoms with Crippen LogP contribution in [0.4, 0.5) is 0 Å². The molecule has 5 aromatic rings. The maximum Gasteiger partial charge on any atom is 0.0708 e. The Labute approximate surface area is 154 Å². The van der Waals surface area contributed by atoms with Gasteiger partial charge in [0, 0.05) is 16.2 Å². The molecule has 1 aromatic heterocycles. The molecule has 0 aliphatic carbocycles. The Morgan fingerprint density at radius 2 is 1.36 bits per heavy atom. The summed E-state index contributed by atoms with van der Waals surface area (Å²) in [6, 6.07) is 19.6. The molecule has 0 unspecified atom stereocenters. The second-order valence-electron chi connectivity index (χ2n) is 6.70. The predicted molar refractivity (Wildman–Crippen MR) is 111 cm³/mol. The minimum absolute atomic E-state index is 1.01. The van der Waals surface area contributed by atoms with Gasteiger partial charge in [0.15, 0.2) is 0 Å². The minimum Gasteiger partial charge on any atom is -0.256 e. The largest absolute Gasteiger partial charge is 0.256 e. The molecule has 25 heavy (non-hydrogen) atoms. The average molecular weight is 386 g/mol. The standard InChI is InChI=1S/C23H16BrN/c1-13-11-14(2)16-7-9-18-20(24)12-19(21-5-3-4-10-25-21)17-8-6-15(13)22(16)23(17)18/h3-12H,1-2H3. The van der Waals surface area contributed by atoms with Gasteiger partial charge < -0.3 is 0 Å². The first-order valence-corrected chi connectivity index (χ1v) is 9.23. The molecule has 0 amide bonds. The van der Waals surface area contributed by atoms with Gasteiger partial charge in [-0.1, -0.05) is 52.3 Å². The lowest BCUT2D eigenvalue weighted by Crippen LogP contribution is -1.92. The first kappa shape index (κ1) is 14.9. The lowest BCUT2D eigenvalue weighted by atomic mass is 9.88. The van der Waals surface area contributed by atoms with E-state index in [0.717, 1.165) is 10.2 Å². The number of benzene rings is 4. The van der Waals surface area contributed by atoms with E-state index in [1.165, 1.54) is 49.0 Å². The van der Waals surface area contributed by atoms with Crippen LogP contribution >= 0.6 is 15.9 Å². The molecular formula is C23H16BrN. The summed E-state index contributed by atoms with van der Waals surface area (Å²) in [5.74, 6) is 0. The molecule has 5 rings (SSSR count). The van der Waals surface area contributed by atoms with Gasteiger partial charge in [0.05, 0.1) is 5.69 Å². The molecule has 0 radical (unpaired) electrons. The third-order valence-corrected chi connectivity index (χ3v) is 5.86. The van der Waals surface area contributed by atoms with Gasteiger partial charge >= 0.3 is 0 Å². The van der Waals surface area contributed by atoms with Gasteiger partial charge in [-0.05, 0) is 75.5 Å². The van der Waals surface area contributed by atoms with E-state index < -0.39 is 0 Å². The van der Waals surface area contributed by atoms with Gasteiger partial charge in [0.2, 0.25) is 0 Å². The zero-order valence-electron chi connectivity index (χ0n) is 14.1. The first-order valence-electron chi connectivity index (χ1n) is 8.44. The van der Waals surface area contributed by atoms with Crippen molar-refractivity contribution in [1.82, 2.24) is 4.98 Å². The van der Waals surface area contributed by atoms with E-state index in [1.54, 1.807) is 0 Å². The van der Waals surface area contributed by atoms with Crippen molar-refractivity contribution < 1.29 is 0 Å². The molecule has 0 saturated heterocycles. The van der Waals surface area contributed by atoms with Crippen molar-refractivity contribution in [2.75, 3.05) is 0 Å². The van der Waals surface area contributed by atoms with Crippen molar-refractivity contribution in [3.8, 4) is 11.3 Å². The van der Waals surface area contributed by atoms with Gasteiger partial charge in [-0.3, -0.25) is 4.98 Å². The van der Waals surface area contributed by atoms with Crippen molar-refractivity contribution in [1.29, 1.82) is 0 Å². The fraction of sp³-hybridized carbons (Fsp3) is 0.0870. The Kier molecular flexibility index (Phi) is 3.13. The molecule has 0 fully saturated rings. The summed E-state index contributed by atoms with van der Waals surface area (Å²) in [5, 5.41) is 7.90. The second kappa shape index (κ2) is 5.27. The molecule has 4 aromatic carbocycles. The summed E-state index contributed by atoms with van der Waals surface area (Å²) >= 11 is 3.80. The first-order chi connectivity index (χ1) is 12.1. The second-order valence-corrected chi connectivity index (χ2v) is 7.56. The third-order valence-electron chi connectivity index (χ3n) is 5.20. The summed E-state index contributed by atoms with van der Waals surface area (Å²) in [6.45, 7) is 4.40. The molecule has 1 heterocycles. The summed E-state index contributed by atoms with van der Waals surface area (Å²) < 4.78 is 1.12. The molecule has 0 aliphatic heterocycles. The molecule has 0 N–H and O–H groups in total. The minimum atomic E-state index is 1.01. The van der Waals surface area contributed by atoms with Crippen LogP contribution in [0.1, 0.15) is 11.1 Å². The Balaban J connectivity index is 2.07. The van der Waals surface area contributed by atoms with Gasteiger partial charge in [-0.25, -0.2) is 0 Å². The van der Waals surface area contributed by atoms with Crippen LogP contribution in [0.15, 0.2) is 65.3 Å². The highest BCUT2D eigenvalue weighted by molar-refractivity contribution is 9.10. The Morgan fingerprint density at radius 3 is 2.04 bits per heavy atom. The maximum absolute atomic E-state index is 4.59. The Morgan fingerprint density at radius 1 is 0.720 bits per heavy atom. The monoisotopic (exact) mass is 385 g/mol. The van der Waals surface area contributed by atoms with E-state index in [0.29, 0.717) is 0 Å². The van der Waals surface area contributed by atoms with Crippen LogP contribution < -0.4 is 0 Å². The smallest absolute Gasteiger partial charge is 0.0708 e. The topological polar surface area (TPSA) is 12.9 Å². The van der Waals surface area contributed by atoms with Crippen LogP contribution in [-0.4, -0.2) is 4.98 Å². The van der Waals surface area contributed by atoms with E-state index in [-0.39, 0.29) is 0 Å². The molecule has 0 saturated carbocycles. The van der Waals surface area contributed by atoms with E-state index in [1.807, 2.05) is 18.3 Å². The molecule has 0 aliphatic rings. The molecule has 0 spiro atoms. The van der Waals surface area contributed by atoms with Crippen LogP contribution in [-0.2, 0) is 0 Å². The zero-order chi connectivity index (χ0) is 17.1. The molecule has 1 nitrogen and oxygen atoms in total. The van der Waals surface area contributed by atoms with Gasteiger partial charge in [0.25, 0.3) is 0 Å². The molecule has 0 bridgehead atoms. The summed E-state index contributed by atoms with van der Waals surface area (Å²) in [4.78, 5) is 4.59. The quantitative estimate of drug-likeness (QED) is 0.282. The number of rotatable bonds is 1. The lowest BCUT2D eigenvalue weighted by molar-refractivity contribution is 1.33. The fourth-order valence-electron chi connectivity index (χ4n) is 4.07. The lowest BCUT2D eigenvalue weighted by Gasteiger charge is -2.17. The number of halogens is 1. The number of hydrogen-bond acceptors (Lipinski definition) is 1. The number of aryl methyl sites for hydroxylation is 2. The van der Waals surface area contributed by atoms with Crippen LogP contribution in [0.25, 0.3) is 43.6 Å². The van der Waals surface area contributed by atoms with E-state index in [9.17, 15) is 0 Å². The highest BCUT2D eigenvalue weighted by Gasteiger charge is 2.16. The number of hydrogen-bond donors (Lipinski definition) is 0. The van der Waals surface area contributed by atoms with Crippen LogP contribution in [0.5, 0.6) is 0 Å². The average Bonchev–Trinajstić information content (AvgIpc) is 2.64. The van der Waals surface area contributed by atoms with Crippen molar-refractivity contribution in [3.63, 3.8) is 0 Å². The third kappa shape index (κ3) is 2.04. The van der Waals surface area contributed by atoms with E-state index in [4.69, 9.17) is 0 Å². The molecule has 2 heteroatoms. The highest BCUT2D eigenvalue weighted by Crippen LogP contribution is 2.43. The molecule has 120 valence electrons. The number of pyridine rings is 1. The van der Waals surface area contributed by atoms with Crippen LogP contribution in [0, 0.1) is 13.8 Å². The number of aromatic nitrogens is 1. The SMILES string of the molecule is Cc1cc(C)c2ccc3c(-c4ccccn4)cc(Br)c4ccc1c2c43. The molecule has 0 atom stereocenters. The highest BCUT2D eigenvalue weighted by atomic mass is 79.9. The predicted octanol–water partition coefficient (Wildman–Crippen LogP) is 7.03. The van der Waals surface area contributed by atoms with Crippen molar-refractivity contribution in [2.45, 2.75) is 13.8 Å². The normalized spacial score (nSPS) is 11.8.